The van der Waals surface area contributed by atoms with Crippen LogP contribution in [0.25, 0.3) is 5.70 Å². The highest BCUT2D eigenvalue weighted by molar-refractivity contribution is 5.94. The van der Waals surface area contributed by atoms with Crippen LogP contribution in [-0.2, 0) is 9.53 Å². The van der Waals surface area contributed by atoms with E-state index < -0.39 is 37.1 Å². The molecule has 0 radical (unpaired) electrons. The summed E-state index contributed by atoms with van der Waals surface area (Å²) in [7, 11) is 0. The van der Waals surface area contributed by atoms with Crippen LogP contribution < -0.4 is 5.32 Å². The Morgan fingerprint density at radius 1 is 1.34 bits per heavy atom. The average Bonchev–Trinajstić information content (AvgIpc) is 3.51. The quantitative estimate of drug-likeness (QED) is 0.662. The van der Waals surface area contributed by atoms with E-state index in [0.29, 0.717) is 24.1 Å². The van der Waals surface area contributed by atoms with Gasteiger partial charge < -0.3 is 20.1 Å². The highest BCUT2D eigenvalue weighted by Crippen LogP contribution is 2.34. The van der Waals surface area contributed by atoms with Crippen molar-refractivity contribution in [3.63, 3.8) is 0 Å². The number of amides is 1. The lowest BCUT2D eigenvalue weighted by atomic mass is 10.1. The monoisotopic (exact) mass is 452 g/mol. The van der Waals surface area contributed by atoms with Crippen molar-refractivity contribution in [3.05, 3.63) is 41.5 Å². The first-order chi connectivity index (χ1) is 15.1. The van der Waals surface area contributed by atoms with Gasteiger partial charge in [0.05, 0.1) is 11.8 Å². The fraction of sp³-hybridized carbons (Fsp3) is 0.500. The molecule has 1 amide bonds. The van der Waals surface area contributed by atoms with E-state index in [1.54, 1.807) is 12.1 Å². The maximum Gasteiger partial charge on any atom is 0.411 e. The summed E-state index contributed by atoms with van der Waals surface area (Å²) in [6, 6.07) is 9.26. The van der Waals surface area contributed by atoms with E-state index in [1.807, 2.05) is 39.0 Å². The van der Waals surface area contributed by atoms with Crippen LogP contribution in [0.5, 0.6) is 0 Å². The first-order valence-electron chi connectivity index (χ1n) is 10.3. The summed E-state index contributed by atoms with van der Waals surface area (Å²) in [5, 5.41) is 22.2. The number of hydrogen-bond donors (Lipinski definition) is 2. The third-order valence-electron chi connectivity index (χ3n) is 4.71. The number of aryl methyl sites for hydroxylation is 1. The summed E-state index contributed by atoms with van der Waals surface area (Å²) >= 11 is 0. The molecule has 1 aliphatic heterocycles. The Morgan fingerprint density at radius 2 is 1.97 bits per heavy atom. The molecule has 10 heteroatoms. The van der Waals surface area contributed by atoms with Crippen LogP contribution in [0.2, 0.25) is 0 Å². The fourth-order valence-corrected chi connectivity index (χ4v) is 2.92. The van der Waals surface area contributed by atoms with Crippen molar-refractivity contribution in [2.75, 3.05) is 19.8 Å². The summed E-state index contributed by atoms with van der Waals surface area (Å²) in [5.74, 6) is -0.550. The number of carbonyl (C=O) groups is 1. The minimum absolute atomic E-state index is 0.0122. The van der Waals surface area contributed by atoms with Gasteiger partial charge >= 0.3 is 6.18 Å². The molecule has 0 bridgehead atoms. The van der Waals surface area contributed by atoms with E-state index in [0.717, 1.165) is 10.5 Å². The number of rotatable bonds is 7. The predicted octanol–water partition coefficient (Wildman–Crippen LogP) is 3.15. The van der Waals surface area contributed by atoms with Crippen LogP contribution in [0, 0.1) is 18.3 Å². The van der Waals surface area contributed by atoms with Gasteiger partial charge in [0, 0.05) is 5.56 Å². The zero-order valence-corrected chi connectivity index (χ0v) is 18.2. The van der Waals surface area contributed by atoms with Crippen LogP contribution in [0.4, 0.5) is 13.2 Å². The van der Waals surface area contributed by atoms with Crippen LogP contribution in [0.1, 0.15) is 37.8 Å². The molecule has 3 rings (SSSR count). The third kappa shape index (κ3) is 7.07. The van der Waals surface area contributed by atoms with Gasteiger partial charge in [0.25, 0.3) is 0 Å². The number of nitrogens with zero attached hydrogens (tertiary/aromatic N) is 3. The molecule has 1 atom stereocenters. The maximum atomic E-state index is 12.5. The molecule has 1 heterocycles. The summed E-state index contributed by atoms with van der Waals surface area (Å²) < 4.78 is 42.1. The second-order valence-electron chi connectivity index (χ2n) is 7.34. The highest BCUT2D eigenvalue weighted by atomic mass is 19.4. The van der Waals surface area contributed by atoms with E-state index in [9.17, 15) is 23.1 Å². The van der Waals surface area contributed by atoms with Gasteiger partial charge in [0.15, 0.2) is 0 Å². The lowest BCUT2D eigenvalue weighted by Gasteiger charge is -2.32. The van der Waals surface area contributed by atoms with Crippen LogP contribution in [0.15, 0.2) is 35.3 Å². The Morgan fingerprint density at radius 3 is 2.50 bits per heavy atom. The van der Waals surface area contributed by atoms with Gasteiger partial charge in [-0.25, -0.2) is 4.99 Å². The number of nitriles is 1. The van der Waals surface area contributed by atoms with Crippen molar-refractivity contribution in [1.82, 2.24) is 10.2 Å². The number of aliphatic imine (C=N–C) groups is 1. The molecule has 0 aromatic heterocycles. The lowest BCUT2D eigenvalue weighted by Crippen LogP contribution is -2.50. The van der Waals surface area contributed by atoms with E-state index in [-0.39, 0.29) is 12.4 Å². The topological polar surface area (TPSA) is 98.0 Å². The van der Waals surface area contributed by atoms with Crippen molar-refractivity contribution >= 4 is 17.4 Å². The zero-order chi connectivity index (χ0) is 23.9. The Hall–Kier alpha value is -2.90. The SMILES string of the molecule is CC.Cc1ccc(C2=CC(O)N(CC(=O)NC3(C#N)CC3)C(COCC(F)(F)F)=N2)cc1. The molecule has 1 fully saturated rings. The van der Waals surface area contributed by atoms with Crippen LogP contribution in [-0.4, -0.2) is 59.5 Å². The third-order valence-corrected chi connectivity index (χ3v) is 4.71. The minimum Gasteiger partial charge on any atom is -0.370 e. The van der Waals surface area contributed by atoms with Crippen molar-refractivity contribution in [2.24, 2.45) is 4.99 Å². The molecule has 1 aromatic carbocycles. The normalized spacial score (nSPS) is 19.1. The molecule has 2 N–H and O–H groups in total. The molecule has 32 heavy (non-hydrogen) atoms. The molecule has 2 aliphatic rings. The summed E-state index contributed by atoms with van der Waals surface area (Å²) in [5.41, 5.74) is 1.14. The molecule has 0 spiro atoms. The Labute approximate surface area is 185 Å². The Bertz CT molecular complexity index is 900. The molecule has 1 unspecified atom stereocenters. The second kappa shape index (κ2) is 10.6. The number of alkyl halides is 3. The minimum atomic E-state index is -4.52. The molecule has 1 aliphatic carbocycles. The number of nitrogens with one attached hydrogen (secondary N) is 1. The van der Waals surface area contributed by atoms with Gasteiger partial charge in [-0.3, -0.25) is 4.79 Å². The number of halogens is 3. The van der Waals surface area contributed by atoms with E-state index in [1.165, 1.54) is 6.08 Å². The van der Waals surface area contributed by atoms with E-state index in [2.05, 4.69) is 10.3 Å². The molecule has 7 nitrogen and oxygen atoms in total. The number of aliphatic hydroxyl groups excluding tert-OH is 1. The summed E-state index contributed by atoms with van der Waals surface area (Å²) in [6.45, 7) is 3.50. The highest BCUT2D eigenvalue weighted by Gasteiger charge is 2.45. The standard InChI is InChI=1S/C20H21F3N4O3.C2H6/c1-13-2-4-14(5-3-13)15-8-18(29)27(9-17(28)26-19(11-24)6-7-19)16(25-15)10-30-12-20(21,22)23;1-2/h2-5,8,18,29H,6-7,9-10,12H2,1H3,(H,26,28);1-2H3. The summed E-state index contributed by atoms with van der Waals surface area (Å²) in [4.78, 5) is 17.8. The number of hydrogen-bond acceptors (Lipinski definition) is 6. The number of aliphatic hydroxyl groups is 1. The van der Waals surface area contributed by atoms with Crippen LogP contribution in [0.3, 0.4) is 0 Å². The van der Waals surface area contributed by atoms with Crippen molar-refractivity contribution in [3.8, 4) is 6.07 Å². The first kappa shape index (κ1) is 25.4. The molecule has 1 saturated carbocycles. The average molecular weight is 452 g/mol. The van der Waals surface area contributed by atoms with E-state index >= 15 is 0 Å². The van der Waals surface area contributed by atoms with Gasteiger partial charge in [-0.05, 0) is 25.8 Å². The van der Waals surface area contributed by atoms with Gasteiger partial charge in [0.1, 0.15) is 37.4 Å². The Balaban J connectivity index is 0.00000176. The number of amidine groups is 1. The maximum absolute atomic E-state index is 12.5. The largest absolute Gasteiger partial charge is 0.411 e. The summed E-state index contributed by atoms with van der Waals surface area (Å²) in [6.07, 6.45) is -3.35. The van der Waals surface area contributed by atoms with Crippen molar-refractivity contribution in [1.29, 1.82) is 5.26 Å². The molecule has 174 valence electrons. The van der Waals surface area contributed by atoms with Crippen molar-refractivity contribution in [2.45, 2.75) is 51.6 Å². The molecular weight excluding hydrogens is 425 g/mol. The van der Waals surface area contributed by atoms with Gasteiger partial charge in [0.2, 0.25) is 5.91 Å². The van der Waals surface area contributed by atoms with E-state index in [4.69, 9.17) is 10.00 Å². The van der Waals surface area contributed by atoms with Crippen LogP contribution >= 0.6 is 0 Å². The number of benzene rings is 1. The van der Waals surface area contributed by atoms with Gasteiger partial charge in [-0.1, -0.05) is 43.7 Å². The fourth-order valence-electron chi connectivity index (χ4n) is 2.92. The number of carbonyl (C=O) groups excluding carboxylic acids is 1. The molecule has 1 aromatic rings. The zero-order valence-electron chi connectivity index (χ0n) is 18.2. The predicted molar refractivity (Wildman–Crippen MR) is 113 cm³/mol. The van der Waals surface area contributed by atoms with Gasteiger partial charge in [-0.2, -0.15) is 18.4 Å². The van der Waals surface area contributed by atoms with Gasteiger partial charge in [-0.15, -0.1) is 0 Å². The molecular formula is C22H27F3N4O3. The second-order valence-corrected chi connectivity index (χ2v) is 7.34. The Kier molecular flexibility index (Phi) is 8.41. The first-order valence-corrected chi connectivity index (χ1v) is 10.3. The lowest BCUT2D eigenvalue weighted by molar-refractivity contribution is -0.170. The smallest absolute Gasteiger partial charge is 0.370 e. The molecule has 0 saturated heterocycles. The number of ether oxygens (including phenoxy) is 1. The van der Waals surface area contributed by atoms with Crippen molar-refractivity contribution < 1.29 is 27.8 Å².